The van der Waals surface area contributed by atoms with E-state index in [9.17, 15) is 4.39 Å². The summed E-state index contributed by atoms with van der Waals surface area (Å²) in [6.45, 7) is 2.62. The summed E-state index contributed by atoms with van der Waals surface area (Å²) in [6, 6.07) is 19.1. The zero-order valence-corrected chi connectivity index (χ0v) is 16.0. The molecule has 29 heavy (non-hydrogen) atoms. The van der Waals surface area contributed by atoms with Crippen LogP contribution in [0.3, 0.4) is 0 Å². The Balaban J connectivity index is 1.35. The first-order valence-electron chi connectivity index (χ1n) is 9.80. The van der Waals surface area contributed by atoms with Crippen molar-refractivity contribution in [2.24, 2.45) is 0 Å². The highest BCUT2D eigenvalue weighted by atomic mass is 19.1. The molecule has 0 atom stereocenters. The predicted molar refractivity (Wildman–Crippen MR) is 113 cm³/mol. The van der Waals surface area contributed by atoms with Crippen LogP contribution in [0.15, 0.2) is 73.1 Å². The number of benzene rings is 2. The highest BCUT2D eigenvalue weighted by Gasteiger charge is 2.20. The maximum absolute atomic E-state index is 13.1. The van der Waals surface area contributed by atoms with Crippen LogP contribution in [0.2, 0.25) is 0 Å². The Bertz CT molecular complexity index is 1160. The van der Waals surface area contributed by atoms with Gasteiger partial charge in [-0.3, -0.25) is 9.88 Å². The number of pyridine rings is 2. The average molecular weight is 384 g/mol. The van der Waals surface area contributed by atoms with E-state index in [1.54, 1.807) is 0 Å². The number of fused-ring (bicyclic) bond motifs is 2. The fourth-order valence-corrected chi connectivity index (χ4v) is 3.92. The van der Waals surface area contributed by atoms with E-state index in [0.29, 0.717) is 0 Å². The first kappa shape index (κ1) is 17.8. The van der Waals surface area contributed by atoms with Gasteiger partial charge in [0.15, 0.2) is 0 Å². The number of rotatable bonds is 4. The largest absolute Gasteiger partial charge is 0.339 e. The monoisotopic (exact) mass is 384 g/mol. The average Bonchev–Trinajstić information content (AvgIpc) is 2.75. The predicted octanol–water partition coefficient (Wildman–Crippen LogP) is 5.07. The third-order valence-corrected chi connectivity index (χ3v) is 5.40. The molecule has 2 aromatic heterocycles. The Labute approximate surface area is 169 Å². The molecule has 0 aliphatic carbocycles. The van der Waals surface area contributed by atoms with E-state index >= 15 is 0 Å². The van der Waals surface area contributed by atoms with Crippen molar-refractivity contribution in [2.75, 3.05) is 11.9 Å². The molecule has 0 fully saturated rings. The van der Waals surface area contributed by atoms with Gasteiger partial charge in [0.1, 0.15) is 11.6 Å². The molecule has 1 aliphatic heterocycles. The zero-order valence-electron chi connectivity index (χ0n) is 16.0. The third-order valence-electron chi connectivity index (χ3n) is 5.40. The van der Waals surface area contributed by atoms with Crippen LogP contribution in [-0.2, 0) is 19.5 Å². The minimum absolute atomic E-state index is 0.192. The van der Waals surface area contributed by atoms with Crippen LogP contribution in [0, 0.1) is 5.82 Å². The normalized spacial score (nSPS) is 14.0. The van der Waals surface area contributed by atoms with Crippen molar-refractivity contribution in [1.29, 1.82) is 0 Å². The van der Waals surface area contributed by atoms with Crippen LogP contribution in [0.4, 0.5) is 15.9 Å². The molecule has 3 heterocycles. The third kappa shape index (κ3) is 3.82. The molecule has 4 aromatic rings. The van der Waals surface area contributed by atoms with E-state index in [1.807, 2.05) is 42.7 Å². The second kappa shape index (κ2) is 7.60. The fraction of sp³-hybridized carbons (Fsp3) is 0.167. The molecule has 5 rings (SSSR count). The van der Waals surface area contributed by atoms with Crippen LogP contribution in [0.5, 0.6) is 0 Å². The Morgan fingerprint density at radius 1 is 1.00 bits per heavy atom. The first-order chi connectivity index (χ1) is 14.2. The number of hydrogen-bond acceptors (Lipinski definition) is 4. The molecule has 0 amide bonds. The van der Waals surface area contributed by atoms with Gasteiger partial charge >= 0.3 is 0 Å². The summed E-state index contributed by atoms with van der Waals surface area (Å²) in [4.78, 5) is 11.5. The van der Waals surface area contributed by atoms with Gasteiger partial charge < -0.3 is 5.32 Å². The molecule has 1 aliphatic rings. The first-order valence-corrected chi connectivity index (χ1v) is 9.80. The lowest BCUT2D eigenvalue weighted by Gasteiger charge is -2.29. The summed E-state index contributed by atoms with van der Waals surface area (Å²) in [5.74, 6) is 0.712. The van der Waals surface area contributed by atoms with Crippen LogP contribution in [0.25, 0.3) is 10.9 Å². The van der Waals surface area contributed by atoms with Crippen molar-refractivity contribution in [1.82, 2.24) is 14.9 Å². The van der Waals surface area contributed by atoms with Crippen LogP contribution in [-0.4, -0.2) is 21.4 Å². The lowest BCUT2D eigenvalue weighted by molar-refractivity contribution is 0.245. The van der Waals surface area contributed by atoms with Gasteiger partial charge in [-0.25, -0.2) is 9.37 Å². The molecule has 5 heteroatoms. The van der Waals surface area contributed by atoms with Crippen molar-refractivity contribution >= 4 is 22.4 Å². The number of halogens is 1. The Kier molecular flexibility index (Phi) is 4.66. The van der Waals surface area contributed by atoms with E-state index in [2.05, 4.69) is 38.4 Å². The number of nitrogens with one attached hydrogen (secondary N) is 1. The van der Waals surface area contributed by atoms with Crippen LogP contribution >= 0.6 is 0 Å². The topological polar surface area (TPSA) is 41.1 Å². The second-order valence-electron chi connectivity index (χ2n) is 7.43. The van der Waals surface area contributed by atoms with Crippen LogP contribution < -0.4 is 5.32 Å². The van der Waals surface area contributed by atoms with Gasteiger partial charge in [0.05, 0.1) is 17.4 Å². The minimum atomic E-state index is -0.192. The Morgan fingerprint density at radius 3 is 2.76 bits per heavy atom. The summed E-state index contributed by atoms with van der Waals surface area (Å²) >= 11 is 0. The number of para-hydroxylation sites is 1. The molecule has 0 radical (unpaired) electrons. The molecular formula is C24H21FN4. The summed E-state index contributed by atoms with van der Waals surface area (Å²) in [6.07, 6.45) is 4.64. The highest BCUT2D eigenvalue weighted by molar-refractivity contribution is 5.82. The van der Waals surface area contributed by atoms with Gasteiger partial charge in [-0.2, -0.15) is 0 Å². The lowest BCUT2D eigenvalue weighted by atomic mass is 10.00. The molecule has 0 saturated carbocycles. The molecule has 2 aromatic carbocycles. The van der Waals surface area contributed by atoms with Crippen molar-refractivity contribution in [2.45, 2.75) is 19.5 Å². The molecule has 0 bridgehead atoms. The highest BCUT2D eigenvalue weighted by Crippen LogP contribution is 2.28. The molecular weight excluding hydrogens is 363 g/mol. The summed E-state index contributed by atoms with van der Waals surface area (Å²) in [5, 5.41) is 4.57. The zero-order chi connectivity index (χ0) is 19.6. The van der Waals surface area contributed by atoms with E-state index in [4.69, 9.17) is 0 Å². The number of hydrogen-bond donors (Lipinski definition) is 1. The lowest BCUT2D eigenvalue weighted by Crippen LogP contribution is -2.30. The number of nitrogens with zero attached hydrogens (tertiary/aromatic N) is 3. The summed E-state index contributed by atoms with van der Waals surface area (Å²) in [5.41, 5.74) is 5.60. The summed E-state index contributed by atoms with van der Waals surface area (Å²) in [7, 11) is 0. The quantitative estimate of drug-likeness (QED) is 0.533. The Morgan fingerprint density at radius 2 is 1.86 bits per heavy atom. The van der Waals surface area contributed by atoms with Crippen molar-refractivity contribution in [3.63, 3.8) is 0 Å². The smallest absolute Gasteiger partial charge is 0.133 e. The molecule has 144 valence electrons. The van der Waals surface area contributed by atoms with Crippen molar-refractivity contribution in [3.8, 4) is 0 Å². The van der Waals surface area contributed by atoms with Crippen LogP contribution in [0.1, 0.15) is 16.7 Å². The molecule has 0 saturated heterocycles. The van der Waals surface area contributed by atoms with Gasteiger partial charge in [0.25, 0.3) is 0 Å². The second-order valence-corrected chi connectivity index (χ2v) is 7.43. The molecule has 0 unspecified atom stereocenters. The van der Waals surface area contributed by atoms with Gasteiger partial charge in [0, 0.05) is 36.8 Å². The number of anilines is 2. The molecule has 4 nitrogen and oxygen atoms in total. The van der Waals surface area contributed by atoms with Gasteiger partial charge in [-0.05, 0) is 47.9 Å². The van der Waals surface area contributed by atoms with E-state index in [-0.39, 0.29) is 5.82 Å². The van der Waals surface area contributed by atoms with Crippen molar-refractivity contribution in [3.05, 3.63) is 95.6 Å². The number of aromatic nitrogens is 2. The van der Waals surface area contributed by atoms with Gasteiger partial charge in [-0.1, -0.05) is 30.3 Å². The van der Waals surface area contributed by atoms with E-state index in [0.717, 1.165) is 54.0 Å². The van der Waals surface area contributed by atoms with Gasteiger partial charge in [-0.15, -0.1) is 0 Å². The SMILES string of the molecule is Fc1ccc(CN2CCc3c(ccnc3Nc3cnc4ccccc4c3)C2)cc1. The van der Waals surface area contributed by atoms with Crippen molar-refractivity contribution < 1.29 is 4.39 Å². The van der Waals surface area contributed by atoms with Gasteiger partial charge in [0.2, 0.25) is 0 Å². The summed E-state index contributed by atoms with van der Waals surface area (Å²) < 4.78 is 13.1. The van der Waals surface area contributed by atoms with E-state index < -0.39 is 0 Å². The Hall–Kier alpha value is -3.31. The minimum Gasteiger partial charge on any atom is -0.339 e. The van der Waals surface area contributed by atoms with E-state index in [1.165, 1.54) is 23.3 Å². The standard InChI is InChI=1S/C24H21FN4/c25-20-7-5-17(6-8-20)15-29-12-10-22-19(16-29)9-11-26-24(22)28-21-13-18-3-1-2-4-23(18)27-14-21/h1-9,11,13-14H,10,12,15-16H2,(H,26,28). The maximum Gasteiger partial charge on any atom is 0.133 e. The maximum atomic E-state index is 13.1. The molecule has 1 N–H and O–H groups in total. The fourth-order valence-electron chi connectivity index (χ4n) is 3.92. The molecule has 0 spiro atoms.